The Bertz CT molecular complexity index is 576. The minimum absolute atomic E-state index is 0.0628. The molecule has 0 radical (unpaired) electrons. The highest BCUT2D eigenvalue weighted by molar-refractivity contribution is 5.74. The fourth-order valence-corrected chi connectivity index (χ4v) is 2.51. The van der Waals surface area contributed by atoms with Crippen LogP contribution in [0.25, 0.3) is 0 Å². The first-order valence-electron chi connectivity index (χ1n) is 7.33. The first-order valence-corrected chi connectivity index (χ1v) is 7.33. The lowest BCUT2D eigenvalue weighted by Gasteiger charge is -2.23. The third-order valence-corrected chi connectivity index (χ3v) is 3.85. The van der Waals surface area contributed by atoms with Crippen molar-refractivity contribution in [2.45, 2.75) is 25.4 Å². The second-order valence-corrected chi connectivity index (χ2v) is 5.61. The summed E-state index contributed by atoms with van der Waals surface area (Å²) in [5.74, 6) is 1.35. The summed E-state index contributed by atoms with van der Waals surface area (Å²) >= 11 is 0. The highest BCUT2D eigenvalue weighted by Gasteiger charge is 2.33. The van der Waals surface area contributed by atoms with Gasteiger partial charge in [-0.25, -0.2) is 4.79 Å². The molecule has 0 aliphatic heterocycles. The summed E-state index contributed by atoms with van der Waals surface area (Å²) < 4.78 is 5.28. The number of benzene rings is 1. The summed E-state index contributed by atoms with van der Waals surface area (Å²) in [6.45, 7) is 0.477. The molecule has 1 fully saturated rings. The van der Waals surface area contributed by atoms with Crippen molar-refractivity contribution in [2.24, 2.45) is 5.92 Å². The Morgan fingerprint density at radius 3 is 2.67 bits per heavy atom. The number of nitrogens with zero attached hydrogens (tertiary/aromatic N) is 1. The van der Waals surface area contributed by atoms with Gasteiger partial charge in [0.2, 0.25) is 0 Å². The monoisotopic (exact) mass is 284 g/mol. The van der Waals surface area contributed by atoms with Crippen molar-refractivity contribution >= 4 is 6.03 Å². The van der Waals surface area contributed by atoms with Crippen LogP contribution >= 0.6 is 0 Å². The van der Waals surface area contributed by atoms with E-state index in [2.05, 4.69) is 17.4 Å². The van der Waals surface area contributed by atoms with Crippen LogP contribution in [0.1, 0.15) is 30.2 Å². The van der Waals surface area contributed by atoms with Crippen molar-refractivity contribution in [3.8, 4) is 0 Å². The number of hydrogen-bond donors (Lipinski definition) is 1. The number of hydrogen-bond acceptors (Lipinski definition) is 2. The second kappa shape index (κ2) is 6.04. The van der Waals surface area contributed by atoms with E-state index < -0.39 is 0 Å². The van der Waals surface area contributed by atoms with Gasteiger partial charge in [-0.3, -0.25) is 0 Å². The third kappa shape index (κ3) is 3.45. The summed E-state index contributed by atoms with van der Waals surface area (Å²) in [6.07, 6.45) is 3.99. The van der Waals surface area contributed by atoms with Crippen molar-refractivity contribution < 1.29 is 9.21 Å². The average molecular weight is 284 g/mol. The minimum Gasteiger partial charge on any atom is -0.467 e. The minimum atomic E-state index is -0.0628. The Morgan fingerprint density at radius 1 is 1.29 bits per heavy atom. The molecule has 21 heavy (non-hydrogen) atoms. The van der Waals surface area contributed by atoms with Gasteiger partial charge in [-0.1, -0.05) is 30.3 Å². The molecule has 0 saturated heterocycles. The van der Waals surface area contributed by atoms with Gasteiger partial charge in [0, 0.05) is 7.05 Å². The molecule has 1 aliphatic carbocycles. The number of rotatable bonds is 5. The van der Waals surface area contributed by atoms with Crippen LogP contribution in [-0.2, 0) is 6.54 Å². The molecular formula is C17H20N2O2. The zero-order chi connectivity index (χ0) is 14.7. The largest absolute Gasteiger partial charge is 0.467 e. The number of urea groups is 1. The molecule has 4 heteroatoms. The van der Waals surface area contributed by atoms with Crippen LogP contribution in [0.3, 0.4) is 0 Å². The summed E-state index contributed by atoms with van der Waals surface area (Å²) in [5.41, 5.74) is 1.18. The van der Waals surface area contributed by atoms with Crippen LogP contribution in [0.15, 0.2) is 53.1 Å². The van der Waals surface area contributed by atoms with Gasteiger partial charge in [0.15, 0.2) is 0 Å². The summed E-state index contributed by atoms with van der Waals surface area (Å²) in [7, 11) is 1.78. The van der Waals surface area contributed by atoms with Gasteiger partial charge >= 0.3 is 6.03 Å². The van der Waals surface area contributed by atoms with Crippen molar-refractivity contribution in [1.82, 2.24) is 10.2 Å². The zero-order valence-corrected chi connectivity index (χ0v) is 12.2. The van der Waals surface area contributed by atoms with Crippen LogP contribution in [0, 0.1) is 5.92 Å². The molecule has 1 saturated carbocycles. The van der Waals surface area contributed by atoms with Gasteiger partial charge in [0.1, 0.15) is 5.76 Å². The predicted molar refractivity (Wildman–Crippen MR) is 80.6 cm³/mol. The Kier molecular flexibility index (Phi) is 3.95. The topological polar surface area (TPSA) is 45.5 Å². The number of nitrogens with one attached hydrogen (secondary N) is 1. The normalized spacial score (nSPS) is 15.5. The summed E-state index contributed by atoms with van der Waals surface area (Å²) in [5, 5.41) is 3.15. The lowest BCUT2D eigenvalue weighted by molar-refractivity contribution is 0.197. The van der Waals surface area contributed by atoms with Crippen LogP contribution in [0.2, 0.25) is 0 Å². The maximum absolute atomic E-state index is 12.4. The molecule has 0 bridgehead atoms. The van der Waals surface area contributed by atoms with E-state index in [0.29, 0.717) is 12.5 Å². The molecule has 0 spiro atoms. The molecule has 2 amide bonds. The number of carbonyl (C=O) groups excluding carboxylic acids is 1. The molecule has 4 nitrogen and oxygen atoms in total. The van der Waals surface area contributed by atoms with Gasteiger partial charge in [0.05, 0.1) is 18.8 Å². The molecule has 1 aliphatic rings. The average Bonchev–Trinajstić information content (AvgIpc) is 3.22. The molecule has 1 aromatic heterocycles. The SMILES string of the molecule is CN(Cc1ccco1)C(=O)N[C@@H](c1ccccc1)C1CC1. The van der Waals surface area contributed by atoms with Crippen molar-refractivity contribution in [1.29, 1.82) is 0 Å². The number of furan rings is 1. The molecular weight excluding hydrogens is 264 g/mol. The Hall–Kier alpha value is -2.23. The molecule has 110 valence electrons. The predicted octanol–water partition coefficient (Wildman–Crippen LogP) is 3.57. The van der Waals surface area contributed by atoms with E-state index in [0.717, 1.165) is 5.76 Å². The van der Waals surface area contributed by atoms with Gasteiger partial charge in [-0.05, 0) is 36.5 Å². The summed E-state index contributed by atoms with van der Waals surface area (Å²) in [6, 6.07) is 13.9. The number of carbonyl (C=O) groups is 1. The summed E-state index contributed by atoms with van der Waals surface area (Å²) in [4.78, 5) is 14.0. The van der Waals surface area contributed by atoms with Crippen molar-refractivity contribution in [2.75, 3.05) is 7.05 Å². The Labute approximate surface area is 124 Å². The highest BCUT2D eigenvalue weighted by Crippen LogP contribution is 2.41. The molecule has 1 N–H and O–H groups in total. The highest BCUT2D eigenvalue weighted by atomic mass is 16.3. The molecule has 2 aromatic rings. The fourth-order valence-electron chi connectivity index (χ4n) is 2.51. The van der Waals surface area contributed by atoms with Crippen LogP contribution in [-0.4, -0.2) is 18.0 Å². The maximum Gasteiger partial charge on any atom is 0.318 e. The van der Waals surface area contributed by atoms with E-state index in [1.54, 1.807) is 18.2 Å². The molecule has 1 atom stereocenters. The van der Waals surface area contributed by atoms with Gasteiger partial charge in [-0.2, -0.15) is 0 Å². The van der Waals surface area contributed by atoms with Gasteiger partial charge in [0.25, 0.3) is 0 Å². The Morgan fingerprint density at radius 2 is 2.05 bits per heavy atom. The van der Waals surface area contributed by atoms with E-state index in [1.807, 2.05) is 30.3 Å². The van der Waals surface area contributed by atoms with Gasteiger partial charge < -0.3 is 14.6 Å². The van der Waals surface area contributed by atoms with E-state index in [9.17, 15) is 4.79 Å². The van der Waals surface area contributed by atoms with E-state index in [4.69, 9.17) is 4.42 Å². The zero-order valence-electron chi connectivity index (χ0n) is 12.2. The lowest BCUT2D eigenvalue weighted by Crippen LogP contribution is -2.39. The Balaban J connectivity index is 1.64. The van der Waals surface area contributed by atoms with Crippen molar-refractivity contribution in [3.63, 3.8) is 0 Å². The first kappa shape index (κ1) is 13.7. The molecule has 1 aromatic carbocycles. The van der Waals surface area contributed by atoms with Crippen LogP contribution < -0.4 is 5.32 Å². The third-order valence-electron chi connectivity index (χ3n) is 3.85. The quantitative estimate of drug-likeness (QED) is 0.912. The first-order chi connectivity index (χ1) is 10.2. The second-order valence-electron chi connectivity index (χ2n) is 5.61. The fraction of sp³-hybridized carbons (Fsp3) is 0.353. The van der Waals surface area contributed by atoms with E-state index in [-0.39, 0.29) is 12.1 Å². The van der Waals surface area contributed by atoms with Gasteiger partial charge in [-0.15, -0.1) is 0 Å². The maximum atomic E-state index is 12.4. The van der Waals surface area contributed by atoms with Crippen LogP contribution in [0.5, 0.6) is 0 Å². The van der Waals surface area contributed by atoms with E-state index >= 15 is 0 Å². The number of amides is 2. The molecule has 0 unspecified atom stereocenters. The molecule has 1 heterocycles. The lowest BCUT2D eigenvalue weighted by atomic mass is 10.0. The standard InChI is InChI=1S/C17H20N2O2/c1-19(12-15-8-5-11-21-15)17(20)18-16(14-9-10-14)13-6-3-2-4-7-13/h2-8,11,14,16H,9-10,12H2,1H3,(H,18,20)/t16-/m0/s1. The van der Waals surface area contributed by atoms with E-state index in [1.165, 1.54) is 18.4 Å². The smallest absolute Gasteiger partial charge is 0.318 e. The molecule has 3 rings (SSSR count). The van der Waals surface area contributed by atoms with Crippen molar-refractivity contribution in [3.05, 3.63) is 60.1 Å². The van der Waals surface area contributed by atoms with Crippen LogP contribution in [0.4, 0.5) is 4.79 Å².